The summed E-state index contributed by atoms with van der Waals surface area (Å²) < 4.78 is 56.8. The van der Waals surface area contributed by atoms with E-state index >= 15 is 0 Å². The number of ketones is 1. The number of rotatable bonds is 9. The van der Waals surface area contributed by atoms with Gasteiger partial charge in [0.1, 0.15) is 17.3 Å². The second-order valence-corrected chi connectivity index (χ2v) is 8.78. The Bertz CT molecular complexity index is 1340. The lowest BCUT2D eigenvalue weighted by Crippen LogP contribution is -2.19. The summed E-state index contributed by atoms with van der Waals surface area (Å²) in [5.41, 5.74) is 0.245. The highest BCUT2D eigenvalue weighted by Crippen LogP contribution is 2.26. The van der Waals surface area contributed by atoms with E-state index in [1.54, 1.807) is 6.07 Å². The van der Waals surface area contributed by atoms with Crippen LogP contribution in [0.2, 0.25) is 0 Å². The fourth-order valence-corrected chi connectivity index (χ4v) is 4.49. The smallest absolute Gasteiger partial charge is 0.340 e. The quantitative estimate of drug-likeness (QED) is 0.359. The van der Waals surface area contributed by atoms with Crippen molar-refractivity contribution < 1.29 is 36.6 Å². The largest absolute Gasteiger partial charge is 0.497 e. The molecule has 0 atom stereocenters. The molecule has 0 saturated carbocycles. The van der Waals surface area contributed by atoms with Gasteiger partial charge in [-0.3, -0.25) is 9.52 Å². The van der Waals surface area contributed by atoms with Crippen molar-refractivity contribution in [2.45, 2.75) is 11.8 Å². The van der Waals surface area contributed by atoms with Gasteiger partial charge in [0, 0.05) is 6.07 Å². The van der Waals surface area contributed by atoms with Gasteiger partial charge in [-0.15, -0.1) is 0 Å². The molecule has 0 fully saturated rings. The van der Waals surface area contributed by atoms with Crippen molar-refractivity contribution in [3.8, 4) is 11.5 Å². The number of hydrogen-bond donors (Lipinski definition) is 1. The molecule has 1 N–H and O–H groups in total. The van der Waals surface area contributed by atoms with Crippen LogP contribution in [0.5, 0.6) is 11.5 Å². The highest BCUT2D eigenvalue weighted by molar-refractivity contribution is 7.92. The van der Waals surface area contributed by atoms with Crippen molar-refractivity contribution in [2.24, 2.45) is 0 Å². The van der Waals surface area contributed by atoms with Crippen molar-refractivity contribution in [1.29, 1.82) is 0 Å². The maximum atomic E-state index is 13.4. The van der Waals surface area contributed by atoms with Crippen LogP contribution in [0, 0.1) is 12.7 Å². The van der Waals surface area contributed by atoms with E-state index in [9.17, 15) is 22.4 Å². The Morgan fingerprint density at radius 1 is 0.941 bits per heavy atom. The van der Waals surface area contributed by atoms with Crippen LogP contribution >= 0.6 is 0 Å². The van der Waals surface area contributed by atoms with Crippen LogP contribution in [-0.4, -0.2) is 41.0 Å². The van der Waals surface area contributed by atoms with E-state index in [1.807, 2.05) is 0 Å². The zero-order chi connectivity index (χ0) is 24.9. The summed E-state index contributed by atoms with van der Waals surface area (Å²) in [5, 5.41) is 0. The molecular formula is C24H22FNO7S. The van der Waals surface area contributed by atoms with Crippen molar-refractivity contribution in [3.63, 3.8) is 0 Å². The molecule has 0 saturated heterocycles. The van der Waals surface area contributed by atoms with Gasteiger partial charge in [0.05, 0.1) is 35.9 Å². The van der Waals surface area contributed by atoms with Crippen LogP contribution in [0.4, 0.5) is 10.1 Å². The van der Waals surface area contributed by atoms with E-state index in [2.05, 4.69) is 4.72 Å². The maximum Gasteiger partial charge on any atom is 0.340 e. The molecule has 0 aliphatic carbocycles. The Balaban J connectivity index is 1.78. The first-order valence-corrected chi connectivity index (χ1v) is 11.4. The van der Waals surface area contributed by atoms with Crippen molar-refractivity contribution in [2.75, 3.05) is 25.5 Å². The number of carbonyl (C=O) groups is 2. The minimum atomic E-state index is -4.13. The number of aryl methyl sites for hydroxylation is 1. The Labute approximate surface area is 196 Å². The van der Waals surface area contributed by atoms with Crippen molar-refractivity contribution >= 4 is 27.5 Å². The number of para-hydroxylation sites is 1. The molecule has 3 aromatic carbocycles. The van der Waals surface area contributed by atoms with Gasteiger partial charge in [0.25, 0.3) is 10.0 Å². The molecule has 0 bridgehead atoms. The van der Waals surface area contributed by atoms with Crippen molar-refractivity contribution in [3.05, 3.63) is 83.2 Å². The Morgan fingerprint density at radius 3 is 2.35 bits per heavy atom. The predicted molar refractivity (Wildman–Crippen MR) is 123 cm³/mol. The van der Waals surface area contributed by atoms with Crippen molar-refractivity contribution in [1.82, 2.24) is 0 Å². The van der Waals surface area contributed by atoms with Gasteiger partial charge < -0.3 is 14.2 Å². The van der Waals surface area contributed by atoms with E-state index in [1.165, 1.54) is 57.5 Å². The average Bonchev–Trinajstić information content (AvgIpc) is 2.81. The minimum Gasteiger partial charge on any atom is -0.497 e. The Morgan fingerprint density at radius 2 is 1.68 bits per heavy atom. The number of anilines is 1. The molecule has 0 radical (unpaired) electrons. The molecule has 0 amide bonds. The number of esters is 1. The standard InChI is InChI=1S/C24H22FNO7S/c1-15-12-16(25)8-11-23(15)34(29,30)26-20-7-5-4-6-18(20)24(28)33-14-21(27)19-10-9-17(31-2)13-22(19)32-3/h4-13,26H,14H2,1-3H3. The molecule has 8 nitrogen and oxygen atoms in total. The minimum absolute atomic E-state index is 0.0503. The highest BCUT2D eigenvalue weighted by Gasteiger charge is 2.22. The molecule has 0 aliphatic rings. The van der Waals surface area contributed by atoms with E-state index in [0.29, 0.717) is 5.75 Å². The first kappa shape index (κ1) is 24.7. The normalized spacial score (nSPS) is 10.9. The first-order chi connectivity index (χ1) is 16.2. The number of benzene rings is 3. The SMILES string of the molecule is COc1ccc(C(=O)COC(=O)c2ccccc2NS(=O)(=O)c2ccc(F)cc2C)c(OC)c1. The summed E-state index contributed by atoms with van der Waals surface area (Å²) in [6, 6.07) is 13.6. The fraction of sp³-hybridized carbons (Fsp3) is 0.167. The summed E-state index contributed by atoms with van der Waals surface area (Å²) in [6.45, 7) is 0.858. The van der Waals surface area contributed by atoms with Crippen LogP contribution in [0.3, 0.4) is 0 Å². The second kappa shape index (κ2) is 10.3. The molecule has 3 aromatic rings. The number of methoxy groups -OCH3 is 2. The monoisotopic (exact) mass is 487 g/mol. The lowest BCUT2D eigenvalue weighted by molar-refractivity contribution is 0.0475. The van der Waals surface area contributed by atoms with Gasteiger partial charge in [-0.2, -0.15) is 0 Å². The first-order valence-electron chi connectivity index (χ1n) is 9.96. The molecule has 0 unspecified atom stereocenters. The maximum absolute atomic E-state index is 13.4. The van der Waals surface area contributed by atoms with Gasteiger partial charge in [-0.25, -0.2) is 17.6 Å². The van der Waals surface area contributed by atoms with Gasteiger partial charge >= 0.3 is 5.97 Å². The van der Waals surface area contributed by atoms with E-state index in [-0.39, 0.29) is 33.0 Å². The van der Waals surface area contributed by atoms with E-state index in [0.717, 1.165) is 18.2 Å². The zero-order valence-corrected chi connectivity index (χ0v) is 19.4. The Hall–Kier alpha value is -3.92. The molecule has 178 valence electrons. The van der Waals surface area contributed by atoms with Gasteiger partial charge in [-0.1, -0.05) is 12.1 Å². The summed E-state index contributed by atoms with van der Waals surface area (Å²) in [4.78, 5) is 25.1. The average molecular weight is 488 g/mol. The number of carbonyl (C=O) groups excluding carboxylic acids is 2. The highest BCUT2D eigenvalue weighted by atomic mass is 32.2. The topological polar surface area (TPSA) is 108 Å². The number of hydrogen-bond acceptors (Lipinski definition) is 7. The molecule has 0 heterocycles. The molecule has 34 heavy (non-hydrogen) atoms. The van der Waals surface area contributed by atoms with Crippen LogP contribution in [0.15, 0.2) is 65.6 Å². The summed E-state index contributed by atoms with van der Waals surface area (Å²) >= 11 is 0. The Kier molecular flexibility index (Phi) is 7.52. The molecule has 3 rings (SSSR count). The van der Waals surface area contributed by atoms with E-state index in [4.69, 9.17) is 14.2 Å². The van der Waals surface area contributed by atoms with Gasteiger partial charge in [0.2, 0.25) is 5.78 Å². The number of nitrogens with one attached hydrogen (secondary N) is 1. The third kappa shape index (κ3) is 5.52. The van der Waals surface area contributed by atoms with Crippen LogP contribution < -0.4 is 14.2 Å². The number of sulfonamides is 1. The van der Waals surface area contributed by atoms with Gasteiger partial charge in [0.15, 0.2) is 6.61 Å². The number of Topliss-reactive ketones (excluding diaryl/α,β-unsaturated/α-hetero) is 1. The van der Waals surface area contributed by atoms with E-state index < -0.39 is 34.2 Å². The third-order valence-corrected chi connectivity index (χ3v) is 6.39. The van der Waals surface area contributed by atoms with Gasteiger partial charge in [-0.05, 0) is 55.0 Å². The molecule has 10 heteroatoms. The predicted octanol–water partition coefficient (Wildman–Crippen LogP) is 3.99. The lowest BCUT2D eigenvalue weighted by atomic mass is 10.1. The number of ether oxygens (including phenoxy) is 3. The molecular weight excluding hydrogens is 465 g/mol. The lowest BCUT2D eigenvalue weighted by Gasteiger charge is -2.14. The molecule has 0 aromatic heterocycles. The summed E-state index contributed by atoms with van der Waals surface area (Å²) in [6.07, 6.45) is 0. The molecule has 0 spiro atoms. The van der Waals surface area contributed by atoms with Crippen LogP contribution in [0.25, 0.3) is 0 Å². The number of halogens is 1. The fourth-order valence-electron chi connectivity index (χ4n) is 3.18. The second-order valence-electron chi connectivity index (χ2n) is 7.13. The van der Waals surface area contributed by atoms with Crippen LogP contribution in [0.1, 0.15) is 26.3 Å². The summed E-state index contributed by atoms with van der Waals surface area (Å²) in [5.74, 6) is -1.26. The zero-order valence-electron chi connectivity index (χ0n) is 18.6. The third-order valence-electron chi connectivity index (χ3n) is 4.86. The molecule has 0 aliphatic heterocycles. The summed E-state index contributed by atoms with van der Waals surface area (Å²) in [7, 11) is -1.26. The van der Waals surface area contributed by atoms with Crippen LogP contribution in [-0.2, 0) is 14.8 Å².